The van der Waals surface area contributed by atoms with Gasteiger partial charge in [-0.1, -0.05) is 11.2 Å². The summed E-state index contributed by atoms with van der Waals surface area (Å²) in [6.07, 6.45) is 2.15. The zero-order chi connectivity index (χ0) is 13.4. The highest BCUT2D eigenvalue weighted by Gasteiger charge is 2.02. The number of amidine groups is 1. The Morgan fingerprint density at radius 2 is 2.11 bits per heavy atom. The van der Waals surface area contributed by atoms with E-state index in [1.165, 1.54) is 12.1 Å². The van der Waals surface area contributed by atoms with Crippen molar-refractivity contribution in [2.45, 2.75) is 25.8 Å². The number of halogens is 2. The zero-order valence-electron chi connectivity index (χ0n) is 10.00. The number of rotatable bonds is 7. The van der Waals surface area contributed by atoms with Crippen molar-refractivity contribution in [2.75, 3.05) is 6.54 Å². The van der Waals surface area contributed by atoms with Crippen molar-refractivity contribution in [3.63, 3.8) is 0 Å². The molecular weight excluding hydrogens is 240 g/mol. The van der Waals surface area contributed by atoms with Crippen LogP contribution in [0.2, 0.25) is 0 Å². The molecule has 0 heterocycles. The Balaban J connectivity index is 2.18. The summed E-state index contributed by atoms with van der Waals surface area (Å²) < 4.78 is 25.9. The number of hydrogen-bond donors (Lipinski definition) is 3. The van der Waals surface area contributed by atoms with Crippen LogP contribution in [0, 0.1) is 11.6 Å². The Morgan fingerprint density at radius 1 is 1.33 bits per heavy atom. The largest absolute Gasteiger partial charge is 0.409 e. The molecule has 0 radical (unpaired) electrons. The molecule has 1 rings (SSSR count). The first kappa shape index (κ1) is 14.4. The van der Waals surface area contributed by atoms with E-state index < -0.39 is 11.6 Å². The highest BCUT2D eigenvalue weighted by atomic mass is 19.1. The highest BCUT2D eigenvalue weighted by molar-refractivity contribution is 5.79. The molecule has 0 aromatic heterocycles. The summed E-state index contributed by atoms with van der Waals surface area (Å²) in [6.45, 7) is 1.05. The van der Waals surface area contributed by atoms with Gasteiger partial charge in [0.15, 0.2) is 0 Å². The molecule has 4 N–H and O–H groups in total. The van der Waals surface area contributed by atoms with Gasteiger partial charge in [-0.3, -0.25) is 0 Å². The zero-order valence-corrected chi connectivity index (χ0v) is 10.00. The number of unbranched alkanes of at least 4 members (excludes halogenated alkanes) is 1. The van der Waals surface area contributed by atoms with Gasteiger partial charge in [-0.2, -0.15) is 0 Å². The quantitative estimate of drug-likeness (QED) is 0.230. The van der Waals surface area contributed by atoms with E-state index in [1.54, 1.807) is 0 Å². The number of nitrogens with two attached hydrogens (primary N) is 1. The lowest BCUT2D eigenvalue weighted by Crippen LogP contribution is -2.17. The van der Waals surface area contributed by atoms with Gasteiger partial charge in [-0.15, -0.1) is 0 Å². The van der Waals surface area contributed by atoms with Gasteiger partial charge in [0.2, 0.25) is 0 Å². The molecule has 0 aliphatic carbocycles. The summed E-state index contributed by atoms with van der Waals surface area (Å²) in [4.78, 5) is 0. The first-order chi connectivity index (χ1) is 8.63. The molecule has 0 unspecified atom stereocenters. The average Bonchev–Trinajstić information content (AvgIpc) is 2.35. The van der Waals surface area contributed by atoms with E-state index >= 15 is 0 Å². The summed E-state index contributed by atoms with van der Waals surface area (Å²) in [5.74, 6) is -0.909. The highest BCUT2D eigenvalue weighted by Crippen LogP contribution is 2.09. The van der Waals surface area contributed by atoms with Gasteiger partial charge in [-0.05, 0) is 25.5 Å². The molecule has 0 aliphatic heterocycles. The van der Waals surface area contributed by atoms with E-state index in [9.17, 15) is 8.78 Å². The van der Waals surface area contributed by atoms with Crippen molar-refractivity contribution in [1.82, 2.24) is 5.32 Å². The predicted octanol–water partition coefficient (Wildman–Crippen LogP) is 1.97. The van der Waals surface area contributed by atoms with Crippen molar-refractivity contribution < 1.29 is 14.0 Å². The molecule has 0 fully saturated rings. The molecule has 18 heavy (non-hydrogen) atoms. The topological polar surface area (TPSA) is 70.6 Å². The van der Waals surface area contributed by atoms with Gasteiger partial charge in [0.1, 0.15) is 17.5 Å². The fraction of sp³-hybridized carbons (Fsp3) is 0.417. The molecule has 100 valence electrons. The second kappa shape index (κ2) is 7.60. The predicted molar refractivity (Wildman–Crippen MR) is 65.3 cm³/mol. The molecule has 0 spiro atoms. The van der Waals surface area contributed by atoms with E-state index in [0.717, 1.165) is 18.9 Å². The third-order valence-corrected chi connectivity index (χ3v) is 2.50. The van der Waals surface area contributed by atoms with Crippen LogP contribution in [0.4, 0.5) is 8.78 Å². The maximum Gasteiger partial charge on any atom is 0.139 e. The molecule has 6 heteroatoms. The summed E-state index contributed by atoms with van der Waals surface area (Å²) >= 11 is 0. The molecule has 1 aromatic carbocycles. The Kier molecular flexibility index (Phi) is 6.07. The maximum atomic E-state index is 13.2. The summed E-state index contributed by atoms with van der Waals surface area (Å²) in [6, 6.07) is 3.53. The SMILES string of the molecule is NC(CCCCNCc1ccc(F)cc1F)=NO. The van der Waals surface area contributed by atoms with Crippen molar-refractivity contribution in [3.8, 4) is 0 Å². The van der Waals surface area contributed by atoms with Gasteiger partial charge >= 0.3 is 0 Å². The van der Waals surface area contributed by atoms with Crippen LogP contribution in [0.25, 0.3) is 0 Å². The molecule has 4 nitrogen and oxygen atoms in total. The second-order valence-corrected chi connectivity index (χ2v) is 3.96. The van der Waals surface area contributed by atoms with Crippen molar-refractivity contribution >= 4 is 5.84 Å². The van der Waals surface area contributed by atoms with Crippen molar-refractivity contribution in [3.05, 3.63) is 35.4 Å². The van der Waals surface area contributed by atoms with Gasteiger partial charge < -0.3 is 16.3 Å². The summed E-state index contributed by atoms with van der Waals surface area (Å²) in [7, 11) is 0. The minimum absolute atomic E-state index is 0.208. The fourth-order valence-corrected chi connectivity index (χ4v) is 1.49. The third kappa shape index (κ3) is 5.09. The first-order valence-electron chi connectivity index (χ1n) is 5.74. The molecule has 1 aromatic rings. The summed E-state index contributed by atoms with van der Waals surface area (Å²) in [5, 5.41) is 14.2. The number of oxime groups is 1. The Labute approximate surface area is 104 Å². The van der Waals surface area contributed by atoms with Gasteiger partial charge in [0.25, 0.3) is 0 Å². The number of nitrogens with one attached hydrogen (secondary N) is 1. The van der Waals surface area contributed by atoms with E-state index in [2.05, 4.69) is 10.5 Å². The van der Waals surface area contributed by atoms with Crippen LogP contribution in [-0.2, 0) is 6.54 Å². The molecule has 0 aliphatic rings. The van der Waals surface area contributed by atoms with E-state index in [4.69, 9.17) is 10.9 Å². The standard InChI is InChI=1S/C12H17F2N3O/c13-10-5-4-9(11(14)7-10)8-16-6-2-1-3-12(15)17-18/h4-5,7,16,18H,1-3,6,8H2,(H2,15,17). The first-order valence-corrected chi connectivity index (χ1v) is 5.74. The lowest BCUT2D eigenvalue weighted by Gasteiger charge is -2.06. The molecule has 0 saturated heterocycles. The Hall–Kier alpha value is -1.69. The van der Waals surface area contributed by atoms with Crippen LogP contribution in [0.1, 0.15) is 24.8 Å². The lowest BCUT2D eigenvalue weighted by molar-refractivity contribution is 0.316. The van der Waals surface area contributed by atoms with Crippen LogP contribution in [-0.4, -0.2) is 17.6 Å². The molecule has 0 amide bonds. The Morgan fingerprint density at radius 3 is 2.78 bits per heavy atom. The minimum atomic E-state index is -0.574. The number of hydrogen-bond acceptors (Lipinski definition) is 3. The summed E-state index contributed by atoms with van der Waals surface area (Å²) in [5.41, 5.74) is 5.75. The number of benzene rings is 1. The van der Waals surface area contributed by atoms with Crippen LogP contribution < -0.4 is 11.1 Å². The van der Waals surface area contributed by atoms with E-state index in [0.29, 0.717) is 25.1 Å². The minimum Gasteiger partial charge on any atom is -0.409 e. The lowest BCUT2D eigenvalue weighted by atomic mass is 10.2. The van der Waals surface area contributed by atoms with E-state index in [1.807, 2.05) is 0 Å². The maximum absolute atomic E-state index is 13.2. The van der Waals surface area contributed by atoms with Gasteiger partial charge in [0.05, 0.1) is 0 Å². The van der Waals surface area contributed by atoms with E-state index in [-0.39, 0.29) is 5.84 Å². The van der Waals surface area contributed by atoms with Gasteiger partial charge in [0, 0.05) is 24.6 Å². The molecule has 0 atom stereocenters. The van der Waals surface area contributed by atoms with Crippen LogP contribution in [0.15, 0.2) is 23.4 Å². The van der Waals surface area contributed by atoms with Crippen molar-refractivity contribution in [2.24, 2.45) is 10.9 Å². The fourth-order valence-electron chi connectivity index (χ4n) is 1.49. The smallest absolute Gasteiger partial charge is 0.139 e. The normalized spacial score (nSPS) is 11.8. The van der Waals surface area contributed by atoms with Crippen molar-refractivity contribution in [1.29, 1.82) is 0 Å². The third-order valence-electron chi connectivity index (χ3n) is 2.50. The average molecular weight is 257 g/mol. The molecule has 0 bridgehead atoms. The molecular formula is C12H17F2N3O. The van der Waals surface area contributed by atoms with Crippen LogP contribution >= 0.6 is 0 Å². The van der Waals surface area contributed by atoms with Crippen LogP contribution in [0.3, 0.4) is 0 Å². The second-order valence-electron chi connectivity index (χ2n) is 3.96. The van der Waals surface area contributed by atoms with Crippen LogP contribution in [0.5, 0.6) is 0 Å². The molecule has 0 saturated carbocycles. The number of nitrogens with zero attached hydrogens (tertiary/aromatic N) is 1. The van der Waals surface area contributed by atoms with Gasteiger partial charge in [-0.25, -0.2) is 8.78 Å². The monoisotopic (exact) mass is 257 g/mol. The Bertz CT molecular complexity index is 410.